The first-order valence-corrected chi connectivity index (χ1v) is 7.50. The van der Waals surface area contributed by atoms with Gasteiger partial charge in [0.15, 0.2) is 0 Å². The zero-order chi connectivity index (χ0) is 16.4. The van der Waals surface area contributed by atoms with Crippen molar-refractivity contribution >= 4 is 34.8 Å². The van der Waals surface area contributed by atoms with E-state index in [0.717, 1.165) is 10.6 Å². The Labute approximate surface area is 138 Å². The maximum atomic E-state index is 12.6. The van der Waals surface area contributed by atoms with E-state index in [9.17, 15) is 9.59 Å². The Bertz CT molecular complexity index is 763. The first kappa shape index (κ1) is 15.4. The molecule has 0 bridgehead atoms. The van der Waals surface area contributed by atoms with Crippen molar-refractivity contribution in [3.05, 3.63) is 53.6 Å². The topological polar surface area (TPSA) is 58.6 Å². The fraction of sp³-hybridized carbons (Fsp3) is 0.176. The van der Waals surface area contributed by atoms with Crippen LogP contribution in [0.4, 0.5) is 11.4 Å². The third-order valence-electron chi connectivity index (χ3n) is 3.65. The summed E-state index contributed by atoms with van der Waals surface area (Å²) in [5, 5.41) is 3.45. The lowest BCUT2D eigenvalue weighted by Gasteiger charge is -2.17. The zero-order valence-corrected chi connectivity index (χ0v) is 13.2. The highest BCUT2D eigenvalue weighted by atomic mass is 35.5. The lowest BCUT2D eigenvalue weighted by atomic mass is 10.2. The summed E-state index contributed by atoms with van der Waals surface area (Å²) in [5.74, 6) is 0.0872. The number of nitrogens with zero attached hydrogens (tertiary/aromatic N) is 1. The lowest BCUT2D eigenvalue weighted by molar-refractivity contribution is -0.121. The minimum atomic E-state index is -0.620. The molecule has 0 aromatic heterocycles. The smallest absolute Gasteiger partial charge is 0.256 e. The summed E-state index contributed by atoms with van der Waals surface area (Å²) < 4.78 is 5.15. The van der Waals surface area contributed by atoms with Gasteiger partial charge < -0.3 is 10.1 Å². The molecule has 1 heterocycles. The fourth-order valence-electron chi connectivity index (χ4n) is 2.54. The highest BCUT2D eigenvalue weighted by Gasteiger charge is 2.40. The van der Waals surface area contributed by atoms with E-state index in [-0.39, 0.29) is 18.2 Å². The summed E-state index contributed by atoms with van der Waals surface area (Å²) in [6.45, 7) is 0. The van der Waals surface area contributed by atoms with Crippen molar-refractivity contribution < 1.29 is 14.3 Å². The van der Waals surface area contributed by atoms with Crippen molar-refractivity contribution in [3.8, 4) is 5.75 Å². The van der Waals surface area contributed by atoms with Crippen molar-refractivity contribution in [1.82, 2.24) is 0 Å². The van der Waals surface area contributed by atoms with Gasteiger partial charge in [0.1, 0.15) is 11.8 Å². The van der Waals surface area contributed by atoms with Crippen molar-refractivity contribution in [2.75, 3.05) is 17.3 Å². The van der Waals surface area contributed by atoms with Gasteiger partial charge in [-0.2, -0.15) is 0 Å². The van der Waals surface area contributed by atoms with Crippen LogP contribution in [0.15, 0.2) is 48.5 Å². The second-order valence-electron chi connectivity index (χ2n) is 5.15. The molecule has 1 saturated heterocycles. The van der Waals surface area contributed by atoms with Crippen LogP contribution in [0.5, 0.6) is 5.75 Å². The van der Waals surface area contributed by atoms with E-state index >= 15 is 0 Å². The van der Waals surface area contributed by atoms with Crippen LogP contribution in [0.25, 0.3) is 0 Å². The van der Waals surface area contributed by atoms with Gasteiger partial charge in [0, 0.05) is 11.8 Å². The zero-order valence-electron chi connectivity index (χ0n) is 12.5. The van der Waals surface area contributed by atoms with E-state index in [0.29, 0.717) is 16.5 Å². The molecular formula is C17H15ClN2O3. The maximum absolute atomic E-state index is 12.6. The van der Waals surface area contributed by atoms with Gasteiger partial charge in [0.05, 0.1) is 24.2 Å². The summed E-state index contributed by atoms with van der Waals surface area (Å²) >= 11 is 6.10. The van der Waals surface area contributed by atoms with E-state index in [1.54, 1.807) is 37.4 Å². The molecule has 5 nitrogen and oxygen atoms in total. The van der Waals surface area contributed by atoms with Gasteiger partial charge in [-0.15, -0.1) is 0 Å². The first-order valence-electron chi connectivity index (χ1n) is 7.12. The minimum Gasteiger partial charge on any atom is -0.497 e. The van der Waals surface area contributed by atoms with Crippen LogP contribution in [-0.2, 0) is 9.59 Å². The summed E-state index contributed by atoms with van der Waals surface area (Å²) in [4.78, 5) is 26.0. The lowest BCUT2D eigenvalue weighted by Crippen LogP contribution is -2.35. The van der Waals surface area contributed by atoms with Gasteiger partial charge in [0.25, 0.3) is 5.91 Å². The number of hydrogen-bond donors (Lipinski definition) is 1. The molecule has 2 amide bonds. The van der Waals surface area contributed by atoms with Crippen molar-refractivity contribution in [2.45, 2.75) is 12.5 Å². The number of anilines is 2. The van der Waals surface area contributed by atoms with Gasteiger partial charge in [-0.05, 0) is 24.3 Å². The SMILES string of the molecule is COc1cccc(N[C@@H]2CC(=O)N(c3ccccc3Cl)C2=O)c1. The molecule has 3 rings (SSSR count). The molecule has 0 saturated carbocycles. The molecule has 118 valence electrons. The predicted molar refractivity (Wildman–Crippen MR) is 89.0 cm³/mol. The Morgan fingerprint density at radius 1 is 1.17 bits per heavy atom. The van der Waals surface area contributed by atoms with Crippen LogP contribution in [0.1, 0.15) is 6.42 Å². The molecule has 1 atom stereocenters. The number of rotatable bonds is 4. The summed E-state index contributed by atoms with van der Waals surface area (Å²) in [5.41, 5.74) is 1.13. The molecule has 0 unspecified atom stereocenters. The second kappa shape index (κ2) is 6.30. The van der Waals surface area contributed by atoms with Gasteiger partial charge in [0.2, 0.25) is 5.91 Å². The van der Waals surface area contributed by atoms with Crippen molar-refractivity contribution in [3.63, 3.8) is 0 Å². The van der Waals surface area contributed by atoms with Crippen LogP contribution in [0.2, 0.25) is 5.02 Å². The number of carbonyl (C=O) groups is 2. The van der Waals surface area contributed by atoms with E-state index in [2.05, 4.69) is 5.32 Å². The number of amides is 2. The molecule has 0 aliphatic carbocycles. The van der Waals surface area contributed by atoms with Crippen LogP contribution >= 0.6 is 11.6 Å². The number of imide groups is 1. The van der Waals surface area contributed by atoms with Crippen LogP contribution in [0.3, 0.4) is 0 Å². The molecule has 23 heavy (non-hydrogen) atoms. The summed E-state index contributed by atoms with van der Waals surface area (Å²) in [6.07, 6.45) is 0.0846. The highest BCUT2D eigenvalue weighted by Crippen LogP contribution is 2.31. The third-order valence-corrected chi connectivity index (χ3v) is 3.97. The molecule has 1 fully saturated rings. The van der Waals surface area contributed by atoms with E-state index in [1.807, 2.05) is 18.2 Å². The number of carbonyl (C=O) groups excluding carboxylic acids is 2. The van der Waals surface area contributed by atoms with Crippen LogP contribution < -0.4 is 15.0 Å². The van der Waals surface area contributed by atoms with Crippen LogP contribution in [-0.4, -0.2) is 25.0 Å². The quantitative estimate of drug-likeness (QED) is 0.875. The molecule has 1 N–H and O–H groups in total. The normalized spacial score (nSPS) is 17.5. The number of halogens is 1. The number of benzene rings is 2. The average molecular weight is 331 g/mol. The Kier molecular flexibility index (Phi) is 4.21. The first-order chi connectivity index (χ1) is 11.1. The Balaban J connectivity index is 1.82. The summed E-state index contributed by atoms with van der Waals surface area (Å²) in [6, 6.07) is 13.4. The molecule has 2 aromatic rings. The van der Waals surface area contributed by atoms with E-state index in [4.69, 9.17) is 16.3 Å². The number of methoxy groups -OCH3 is 1. The monoisotopic (exact) mass is 330 g/mol. The standard InChI is InChI=1S/C17H15ClN2O3/c1-23-12-6-4-5-11(9-12)19-14-10-16(21)20(17(14)22)15-8-3-2-7-13(15)18/h2-9,14,19H,10H2,1H3/t14-/m1/s1. The molecule has 6 heteroatoms. The molecular weight excluding hydrogens is 316 g/mol. The maximum Gasteiger partial charge on any atom is 0.256 e. The van der Waals surface area contributed by atoms with E-state index in [1.165, 1.54) is 0 Å². The largest absolute Gasteiger partial charge is 0.497 e. The van der Waals surface area contributed by atoms with Gasteiger partial charge in [-0.25, -0.2) is 4.90 Å². The van der Waals surface area contributed by atoms with Crippen molar-refractivity contribution in [2.24, 2.45) is 0 Å². The number of nitrogens with one attached hydrogen (secondary N) is 1. The molecule has 2 aromatic carbocycles. The van der Waals surface area contributed by atoms with Crippen molar-refractivity contribution in [1.29, 1.82) is 0 Å². The number of para-hydroxylation sites is 1. The summed E-state index contributed by atoms with van der Waals surface area (Å²) in [7, 11) is 1.57. The fourth-order valence-corrected chi connectivity index (χ4v) is 2.77. The highest BCUT2D eigenvalue weighted by molar-refractivity contribution is 6.36. The molecule has 1 aliphatic heterocycles. The van der Waals surface area contributed by atoms with Crippen LogP contribution in [0, 0.1) is 0 Å². The molecule has 1 aliphatic rings. The molecule has 0 spiro atoms. The molecule has 0 radical (unpaired) electrons. The Morgan fingerprint density at radius 3 is 2.70 bits per heavy atom. The van der Waals surface area contributed by atoms with Gasteiger partial charge in [-0.1, -0.05) is 29.8 Å². The predicted octanol–water partition coefficient (Wildman–Crippen LogP) is 3.09. The third kappa shape index (κ3) is 3.00. The average Bonchev–Trinajstić information content (AvgIpc) is 2.82. The van der Waals surface area contributed by atoms with Gasteiger partial charge >= 0.3 is 0 Å². The van der Waals surface area contributed by atoms with Gasteiger partial charge in [-0.3, -0.25) is 9.59 Å². The number of ether oxygens (including phenoxy) is 1. The Morgan fingerprint density at radius 2 is 1.96 bits per heavy atom. The Hall–Kier alpha value is -2.53. The second-order valence-corrected chi connectivity index (χ2v) is 5.56. The number of hydrogen-bond acceptors (Lipinski definition) is 4. The minimum absolute atomic E-state index is 0.0846. The van der Waals surface area contributed by atoms with E-state index < -0.39 is 6.04 Å².